The minimum Gasteiger partial charge on any atom is -0.492 e. The molecule has 0 aliphatic carbocycles. The van der Waals surface area contributed by atoms with E-state index in [9.17, 15) is 9.59 Å². The van der Waals surface area contributed by atoms with Gasteiger partial charge in [0.2, 0.25) is 0 Å². The molecule has 2 aromatic rings. The molecule has 1 N–H and O–H groups in total. The number of hydrogen-bond donors (Lipinski definition) is 1. The Hall–Kier alpha value is -2.05. The van der Waals surface area contributed by atoms with Gasteiger partial charge in [-0.05, 0) is 44.2 Å². The number of carbonyl (C=O) groups is 2. The van der Waals surface area contributed by atoms with Gasteiger partial charge in [0.05, 0.1) is 12.1 Å². The van der Waals surface area contributed by atoms with Gasteiger partial charge in [0.1, 0.15) is 12.4 Å². The standard InChI is InChI=1S/C17H18ClNO4S/c1-11-9-15(12(2)24-11)17(21)23-10-16(20)19-7-8-22-14-5-3-13(18)4-6-14/h3-6,9H,7-8,10H2,1-2H3,(H,19,20). The molecule has 1 aromatic heterocycles. The van der Waals surface area contributed by atoms with Gasteiger partial charge in [-0.25, -0.2) is 4.79 Å². The van der Waals surface area contributed by atoms with Crippen molar-refractivity contribution in [3.63, 3.8) is 0 Å². The van der Waals surface area contributed by atoms with Crippen molar-refractivity contribution in [1.82, 2.24) is 5.32 Å². The van der Waals surface area contributed by atoms with Gasteiger partial charge >= 0.3 is 5.97 Å². The van der Waals surface area contributed by atoms with E-state index in [1.807, 2.05) is 13.8 Å². The van der Waals surface area contributed by atoms with E-state index in [4.69, 9.17) is 21.1 Å². The smallest absolute Gasteiger partial charge is 0.339 e. The summed E-state index contributed by atoms with van der Waals surface area (Å²) in [5.74, 6) is -0.180. The molecule has 1 amide bonds. The van der Waals surface area contributed by atoms with Crippen LogP contribution in [0.1, 0.15) is 20.1 Å². The third kappa shape index (κ3) is 5.54. The van der Waals surface area contributed by atoms with Crippen LogP contribution in [0.25, 0.3) is 0 Å². The summed E-state index contributed by atoms with van der Waals surface area (Å²) < 4.78 is 10.5. The van der Waals surface area contributed by atoms with Crippen molar-refractivity contribution in [2.24, 2.45) is 0 Å². The molecule has 7 heteroatoms. The molecule has 0 saturated heterocycles. The number of hydrogen-bond acceptors (Lipinski definition) is 5. The zero-order valence-electron chi connectivity index (χ0n) is 13.4. The Labute approximate surface area is 149 Å². The number of halogens is 1. The fourth-order valence-electron chi connectivity index (χ4n) is 1.98. The van der Waals surface area contributed by atoms with Crippen LogP contribution in [0.2, 0.25) is 5.02 Å². The molecule has 0 bridgehead atoms. The van der Waals surface area contributed by atoms with Crippen LogP contribution in [0, 0.1) is 13.8 Å². The highest BCUT2D eigenvalue weighted by Gasteiger charge is 2.14. The van der Waals surface area contributed by atoms with Crippen molar-refractivity contribution in [1.29, 1.82) is 0 Å². The van der Waals surface area contributed by atoms with E-state index in [1.165, 1.54) is 11.3 Å². The first-order valence-electron chi connectivity index (χ1n) is 7.35. The molecule has 2 rings (SSSR count). The van der Waals surface area contributed by atoms with Crippen molar-refractivity contribution in [2.45, 2.75) is 13.8 Å². The van der Waals surface area contributed by atoms with E-state index in [0.717, 1.165) is 9.75 Å². The van der Waals surface area contributed by atoms with E-state index in [2.05, 4.69) is 5.32 Å². The predicted octanol–water partition coefficient (Wildman–Crippen LogP) is 3.37. The van der Waals surface area contributed by atoms with Crippen LogP contribution in [0.3, 0.4) is 0 Å². The summed E-state index contributed by atoms with van der Waals surface area (Å²) in [5, 5.41) is 3.26. The lowest BCUT2D eigenvalue weighted by molar-refractivity contribution is -0.124. The average Bonchev–Trinajstić information content (AvgIpc) is 2.89. The van der Waals surface area contributed by atoms with Gasteiger partial charge in [0.15, 0.2) is 6.61 Å². The Morgan fingerprint density at radius 1 is 1.21 bits per heavy atom. The van der Waals surface area contributed by atoms with E-state index in [1.54, 1.807) is 30.3 Å². The number of esters is 1. The average molecular weight is 368 g/mol. The molecule has 1 heterocycles. The third-order valence-corrected chi connectivity index (χ3v) is 4.32. The Morgan fingerprint density at radius 3 is 2.54 bits per heavy atom. The van der Waals surface area contributed by atoms with Gasteiger partial charge in [-0.3, -0.25) is 4.79 Å². The highest BCUT2D eigenvalue weighted by molar-refractivity contribution is 7.12. The summed E-state index contributed by atoms with van der Waals surface area (Å²) in [6.07, 6.45) is 0. The largest absolute Gasteiger partial charge is 0.492 e. The highest BCUT2D eigenvalue weighted by Crippen LogP contribution is 2.21. The van der Waals surface area contributed by atoms with Crippen LogP contribution >= 0.6 is 22.9 Å². The van der Waals surface area contributed by atoms with Crippen molar-refractivity contribution in [2.75, 3.05) is 19.8 Å². The molecule has 0 fully saturated rings. The highest BCUT2D eigenvalue weighted by atomic mass is 35.5. The van der Waals surface area contributed by atoms with Gasteiger partial charge in [0.25, 0.3) is 5.91 Å². The van der Waals surface area contributed by atoms with Crippen LogP contribution in [0.5, 0.6) is 5.75 Å². The fraction of sp³-hybridized carbons (Fsp3) is 0.294. The van der Waals surface area contributed by atoms with Crippen LogP contribution in [0.4, 0.5) is 0 Å². The zero-order valence-corrected chi connectivity index (χ0v) is 15.0. The molecular formula is C17H18ClNO4S. The second-order valence-corrected chi connectivity index (χ2v) is 6.95. The first kappa shape index (κ1) is 18.3. The van der Waals surface area contributed by atoms with Crippen molar-refractivity contribution in [3.8, 4) is 5.75 Å². The lowest BCUT2D eigenvalue weighted by Gasteiger charge is -2.08. The molecule has 5 nitrogen and oxygen atoms in total. The summed E-state index contributed by atoms with van der Waals surface area (Å²) in [6.45, 7) is 4.08. The number of benzene rings is 1. The number of amides is 1. The number of rotatable bonds is 7. The Balaban J connectivity index is 1.65. The molecule has 0 radical (unpaired) electrons. The topological polar surface area (TPSA) is 64.6 Å². The minimum atomic E-state index is -0.482. The number of nitrogens with one attached hydrogen (secondary N) is 1. The quantitative estimate of drug-likeness (QED) is 0.602. The van der Waals surface area contributed by atoms with Gasteiger partial charge in [-0.15, -0.1) is 11.3 Å². The van der Waals surface area contributed by atoms with Gasteiger partial charge in [-0.1, -0.05) is 11.6 Å². The molecule has 0 aliphatic heterocycles. The van der Waals surface area contributed by atoms with E-state index in [-0.39, 0.29) is 12.5 Å². The lowest BCUT2D eigenvalue weighted by atomic mass is 10.2. The van der Waals surface area contributed by atoms with Crippen molar-refractivity contribution < 1.29 is 19.1 Å². The molecular weight excluding hydrogens is 350 g/mol. The van der Waals surface area contributed by atoms with Crippen LogP contribution in [0.15, 0.2) is 30.3 Å². The third-order valence-electron chi connectivity index (χ3n) is 3.10. The maximum atomic E-state index is 11.9. The van der Waals surface area contributed by atoms with Gasteiger partial charge in [-0.2, -0.15) is 0 Å². The molecule has 24 heavy (non-hydrogen) atoms. The van der Waals surface area contributed by atoms with E-state index in [0.29, 0.717) is 29.5 Å². The Kier molecular flexibility index (Phi) is 6.63. The first-order chi connectivity index (χ1) is 11.5. The van der Waals surface area contributed by atoms with Gasteiger partial charge in [0, 0.05) is 14.8 Å². The number of carbonyl (C=O) groups excluding carboxylic acids is 2. The minimum absolute atomic E-state index is 0.310. The molecule has 0 atom stereocenters. The molecule has 0 saturated carbocycles. The normalized spacial score (nSPS) is 10.3. The molecule has 0 spiro atoms. The van der Waals surface area contributed by atoms with Gasteiger partial charge < -0.3 is 14.8 Å². The number of thiophene rings is 1. The monoisotopic (exact) mass is 367 g/mol. The van der Waals surface area contributed by atoms with Crippen LogP contribution in [-0.4, -0.2) is 31.6 Å². The predicted molar refractivity (Wildman–Crippen MR) is 94.0 cm³/mol. The zero-order chi connectivity index (χ0) is 17.5. The molecule has 0 aliphatic rings. The summed E-state index contributed by atoms with van der Waals surface area (Å²) in [4.78, 5) is 25.5. The van der Waals surface area contributed by atoms with E-state index < -0.39 is 5.97 Å². The maximum absolute atomic E-state index is 11.9. The molecule has 0 unspecified atom stereocenters. The SMILES string of the molecule is Cc1cc(C(=O)OCC(=O)NCCOc2ccc(Cl)cc2)c(C)s1. The fourth-order valence-corrected chi connectivity index (χ4v) is 3.02. The number of ether oxygens (including phenoxy) is 2. The van der Waals surface area contributed by atoms with Crippen molar-refractivity contribution >= 4 is 34.8 Å². The second kappa shape index (κ2) is 8.70. The Bertz CT molecular complexity index is 712. The number of aryl methyl sites for hydroxylation is 2. The van der Waals surface area contributed by atoms with E-state index >= 15 is 0 Å². The summed E-state index contributed by atoms with van der Waals surface area (Å²) in [5.41, 5.74) is 0.511. The van der Waals surface area contributed by atoms with Crippen LogP contribution in [-0.2, 0) is 9.53 Å². The van der Waals surface area contributed by atoms with Crippen LogP contribution < -0.4 is 10.1 Å². The summed E-state index contributed by atoms with van der Waals surface area (Å²) in [6, 6.07) is 8.71. The van der Waals surface area contributed by atoms with Crippen molar-refractivity contribution in [3.05, 3.63) is 50.7 Å². The second-order valence-electron chi connectivity index (χ2n) is 5.06. The lowest BCUT2D eigenvalue weighted by Crippen LogP contribution is -2.32. The first-order valence-corrected chi connectivity index (χ1v) is 8.54. The summed E-state index contributed by atoms with van der Waals surface area (Å²) in [7, 11) is 0. The summed E-state index contributed by atoms with van der Waals surface area (Å²) >= 11 is 7.30. The molecule has 1 aromatic carbocycles. The molecule has 128 valence electrons. The maximum Gasteiger partial charge on any atom is 0.339 e. The Morgan fingerprint density at radius 2 is 1.92 bits per heavy atom.